The van der Waals surface area contributed by atoms with Crippen molar-refractivity contribution in [2.45, 2.75) is 39.2 Å². The van der Waals surface area contributed by atoms with E-state index in [4.69, 9.17) is 4.74 Å². The van der Waals surface area contributed by atoms with Crippen LogP contribution in [0.3, 0.4) is 0 Å². The van der Waals surface area contributed by atoms with Gasteiger partial charge >= 0.3 is 5.97 Å². The lowest BCUT2D eigenvalue weighted by Gasteiger charge is -2.16. The number of carbonyl (C=O) groups excluding carboxylic acids is 2. The molecule has 3 rings (SSSR count). The van der Waals surface area contributed by atoms with Crippen LogP contribution in [0.1, 0.15) is 50.6 Å². The number of carbonyl (C=O) groups is 2. The second-order valence-electron chi connectivity index (χ2n) is 6.13. The van der Waals surface area contributed by atoms with Crippen LogP contribution in [0.5, 0.6) is 0 Å². The molecular formula is C19H21NO3S. The fraction of sp³-hybridized carbons (Fsp3) is 0.368. The standard InChI is InChI=1S/C19H21NO3S/c1-12-6-3-4-8-15(12)13(2)20-18(21)11-23-19(22)17-10-14-7-5-9-16(14)24-17/h3-4,6,8,10,13H,5,7,9,11H2,1-2H3,(H,20,21). The van der Waals surface area contributed by atoms with Crippen molar-refractivity contribution in [2.75, 3.05) is 6.61 Å². The van der Waals surface area contributed by atoms with Crippen LogP contribution in [0.25, 0.3) is 0 Å². The smallest absolute Gasteiger partial charge is 0.348 e. The van der Waals surface area contributed by atoms with Crippen LogP contribution >= 0.6 is 11.3 Å². The van der Waals surface area contributed by atoms with E-state index in [1.807, 2.05) is 44.2 Å². The molecule has 24 heavy (non-hydrogen) atoms. The zero-order valence-corrected chi connectivity index (χ0v) is 14.7. The molecule has 1 unspecified atom stereocenters. The molecule has 0 bridgehead atoms. The second-order valence-corrected chi connectivity index (χ2v) is 7.27. The van der Waals surface area contributed by atoms with Crippen LogP contribution in [0.4, 0.5) is 0 Å². The Bertz CT molecular complexity index is 744. The summed E-state index contributed by atoms with van der Waals surface area (Å²) in [6, 6.07) is 9.69. The number of esters is 1. The largest absolute Gasteiger partial charge is 0.451 e. The molecule has 1 aromatic carbocycles. The number of ether oxygens (including phenoxy) is 1. The average Bonchev–Trinajstić information content (AvgIpc) is 3.14. The Morgan fingerprint density at radius 2 is 2.08 bits per heavy atom. The summed E-state index contributed by atoms with van der Waals surface area (Å²) in [5.74, 6) is -0.698. The molecule has 4 nitrogen and oxygen atoms in total. The van der Waals surface area contributed by atoms with E-state index in [1.54, 1.807) is 0 Å². The summed E-state index contributed by atoms with van der Waals surface area (Å²) in [5.41, 5.74) is 3.44. The zero-order valence-electron chi connectivity index (χ0n) is 13.9. The predicted molar refractivity (Wildman–Crippen MR) is 94.4 cm³/mol. The van der Waals surface area contributed by atoms with Crippen molar-refractivity contribution in [2.24, 2.45) is 0 Å². The molecule has 0 fully saturated rings. The van der Waals surface area contributed by atoms with E-state index in [2.05, 4.69) is 5.32 Å². The van der Waals surface area contributed by atoms with E-state index in [-0.39, 0.29) is 18.6 Å². The lowest BCUT2D eigenvalue weighted by molar-refractivity contribution is -0.124. The van der Waals surface area contributed by atoms with Gasteiger partial charge in [-0.15, -0.1) is 11.3 Å². The van der Waals surface area contributed by atoms with Gasteiger partial charge < -0.3 is 10.1 Å². The van der Waals surface area contributed by atoms with Crippen molar-refractivity contribution in [3.8, 4) is 0 Å². The molecule has 1 amide bonds. The fourth-order valence-corrected chi connectivity index (χ4v) is 4.21. The second kappa shape index (κ2) is 7.18. The van der Waals surface area contributed by atoms with E-state index < -0.39 is 5.97 Å². The molecule has 0 radical (unpaired) electrons. The summed E-state index contributed by atoms with van der Waals surface area (Å²) in [7, 11) is 0. The van der Waals surface area contributed by atoms with Crippen molar-refractivity contribution >= 4 is 23.2 Å². The normalized spacial score (nSPS) is 14.1. The third-order valence-electron chi connectivity index (χ3n) is 4.31. The molecule has 2 aromatic rings. The monoisotopic (exact) mass is 343 g/mol. The van der Waals surface area contributed by atoms with E-state index in [0.29, 0.717) is 4.88 Å². The third kappa shape index (κ3) is 3.67. The Balaban J connectivity index is 1.51. The van der Waals surface area contributed by atoms with Gasteiger partial charge in [-0.2, -0.15) is 0 Å². The van der Waals surface area contributed by atoms with Crippen LogP contribution in [0.2, 0.25) is 0 Å². The summed E-state index contributed by atoms with van der Waals surface area (Å²) in [6.07, 6.45) is 3.24. The van der Waals surface area contributed by atoms with Crippen LogP contribution in [0.15, 0.2) is 30.3 Å². The molecule has 1 aromatic heterocycles. The zero-order chi connectivity index (χ0) is 17.1. The molecule has 0 saturated carbocycles. The van der Waals surface area contributed by atoms with Crippen LogP contribution in [-0.2, 0) is 22.4 Å². The van der Waals surface area contributed by atoms with Gasteiger partial charge in [0.15, 0.2) is 6.61 Å². The Hall–Kier alpha value is -2.14. The van der Waals surface area contributed by atoms with Gasteiger partial charge in [0.1, 0.15) is 4.88 Å². The molecule has 0 aliphatic heterocycles. The molecule has 1 N–H and O–H groups in total. The number of benzene rings is 1. The highest BCUT2D eigenvalue weighted by Gasteiger charge is 2.20. The van der Waals surface area contributed by atoms with Gasteiger partial charge in [-0.25, -0.2) is 4.79 Å². The number of hydrogen-bond donors (Lipinski definition) is 1. The Morgan fingerprint density at radius 3 is 2.83 bits per heavy atom. The number of amides is 1. The van der Waals surface area contributed by atoms with Crippen LogP contribution in [0, 0.1) is 6.92 Å². The van der Waals surface area contributed by atoms with Gasteiger partial charge in [0, 0.05) is 4.88 Å². The van der Waals surface area contributed by atoms with Crippen LogP contribution in [-0.4, -0.2) is 18.5 Å². The van der Waals surface area contributed by atoms with Gasteiger partial charge in [0.05, 0.1) is 6.04 Å². The maximum absolute atomic E-state index is 12.1. The molecule has 126 valence electrons. The van der Waals surface area contributed by atoms with Crippen LogP contribution < -0.4 is 5.32 Å². The molecule has 1 aliphatic carbocycles. The Morgan fingerprint density at radius 1 is 1.29 bits per heavy atom. The number of aryl methyl sites for hydroxylation is 3. The number of hydrogen-bond acceptors (Lipinski definition) is 4. The van der Waals surface area contributed by atoms with E-state index >= 15 is 0 Å². The van der Waals surface area contributed by atoms with E-state index in [0.717, 1.165) is 30.4 Å². The van der Waals surface area contributed by atoms with Crippen molar-refractivity contribution in [3.05, 3.63) is 56.8 Å². The Labute approximate surface area is 145 Å². The number of thiophene rings is 1. The molecule has 0 spiro atoms. The molecule has 1 heterocycles. The minimum absolute atomic E-state index is 0.122. The first-order valence-corrected chi connectivity index (χ1v) is 9.00. The minimum atomic E-state index is -0.409. The first-order valence-electron chi connectivity index (χ1n) is 8.18. The number of fused-ring (bicyclic) bond motifs is 1. The summed E-state index contributed by atoms with van der Waals surface area (Å²) in [4.78, 5) is 26.0. The highest BCUT2D eigenvalue weighted by atomic mass is 32.1. The van der Waals surface area contributed by atoms with Gasteiger partial charge in [0.25, 0.3) is 5.91 Å². The first kappa shape index (κ1) is 16.7. The molecular weight excluding hydrogens is 322 g/mol. The van der Waals surface area contributed by atoms with Gasteiger partial charge in [-0.1, -0.05) is 24.3 Å². The van der Waals surface area contributed by atoms with Gasteiger partial charge in [-0.3, -0.25) is 4.79 Å². The quantitative estimate of drug-likeness (QED) is 0.844. The average molecular weight is 343 g/mol. The molecule has 0 saturated heterocycles. The van der Waals surface area contributed by atoms with Crippen molar-refractivity contribution in [1.82, 2.24) is 5.32 Å². The third-order valence-corrected chi connectivity index (χ3v) is 5.53. The summed E-state index contributed by atoms with van der Waals surface area (Å²) < 4.78 is 5.15. The minimum Gasteiger partial charge on any atom is -0.451 e. The summed E-state index contributed by atoms with van der Waals surface area (Å²) in [6.45, 7) is 3.68. The molecule has 1 aliphatic rings. The maximum atomic E-state index is 12.1. The summed E-state index contributed by atoms with van der Waals surface area (Å²) >= 11 is 1.49. The number of nitrogens with one attached hydrogen (secondary N) is 1. The van der Waals surface area contributed by atoms with Crippen molar-refractivity contribution in [1.29, 1.82) is 0 Å². The molecule has 1 atom stereocenters. The van der Waals surface area contributed by atoms with Crippen molar-refractivity contribution < 1.29 is 14.3 Å². The lowest BCUT2D eigenvalue weighted by atomic mass is 10.0. The predicted octanol–water partition coefficient (Wildman–Crippen LogP) is 3.58. The molecule has 5 heteroatoms. The fourth-order valence-electron chi connectivity index (χ4n) is 3.07. The maximum Gasteiger partial charge on any atom is 0.348 e. The summed E-state index contributed by atoms with van der Waals surface area (Å²) in [5, 5.41) is 2.87. The number of rotatable bonds is 5. The SMILES string of the molecule is Cc1ccccc1C(C)NC(=O)COC(=O)c1cc2c(s1)CCC2. The Kier molecular flexibility index (Phi) is 5.00. The van der Waals surface area contributed by atoms with Crippen molar-refractivity contribution in [3.63, 3.8) is 0 Å². The highest BCUT2D eigenvalue weighted by molar-refractivity contribution is 7.14. The topological polar surface area (TPSA) is 55.4 Å². The lowest BCUT2D eigenvalue weighted by Crippen LogP contribution is -2.31. The van der Waals surface area contributed by atoms with E-state index in [9.17, 15) is 9.59 Å². The van der Waals surface area contributed by atoms with Gasteiger partial charge in [-0.05, 0) is 55.9 Å². The van der Waals surface area contributed by atoms with E-state index in [1.165, 1.54) is 21.8 Å². The first-order chi connectivity index (χ1) is 11.5. The highest BCUT2D eigenvalue weighted by Crippen LogP contribution is 2.30. The van der Waals surface area contributed by atoms with Gasteiger partial charge in [0.2, 0.25) is 0 Å².